The molecule has 3 nitrogen and oxygen atoms in total. The van der Waals surface area contributed by atoms with Crippen LogP contribution in [0.25, 0.3) is 0 Å². The molecule has 0 aliphatic rings. The highest BCUT2D eigenvalue weighted by molar-refractivity contribution is 5.52. The highest BCUT2D eigenvalue weighted by Gasteiger charge is 2.04. The lowest BCUT2D eigenvalue weighted by atomic mass is 10.1. The van der Waals surface area contributed by atoms with E-state index >= 15 is 0 Å². The Labute approximate surface area is 107 Å². The molecule has 94 valence electrons. The standard InChI is InChI=1S/C15H17NO2/c1-11-5-4-7-12(15(11)18)9-16-14-8-3-2-6-13(14)10-17/h2-8,16-18H,9-10H2,1H3. The van der Waals surface area contributed by atoms with Crippen molar-refractivity contribution in [1.82, 2.24) is 0 Å². The van der Waals surface area contributed by atoms with E-state index in [4.69, 9.17) is 0 Å². The maximum absolute atomic E-state index is 9.91. The van der Waals surface area contributed by atoms with Gasteiger partial charge in [-0.2, -0.15) is 0 Å². The number of rotatable bonds is 4. The van der Waals surface area contributed by atoms with Gasteiger partial charge in [-0.3, -0.25) is 0 Å². The van der Waals surface area contributed by atoms with Crippen molar-refractivity contribution in [2.45, 2.75) is 20.1 Å². The summed E-state index contributed by atoms with van der Waals surface area (Å²) < 4.78 is 0. The predicted octanol–water partition coefficient (Wildman–Crippen LogP) is 2.81. The minimum atomic E-state index is 0.00295. The zero-order chi connectivity index (χ0) is 13.0. The third-order valence-corrected chi connectivity index (χ3v) is 2.98. The van der Waals surface area contributed by atoms with Crippen LogP contribution in [0, 0.1) is 6.92 Å². The number of anilines is 1. The number of para-hydroxylation sites is 2. The number of nitrogens with one attached hydrogen (secondary N) is 1. The van der Waals surface area contributed by atoms with E-state index in [1.165, 1.54) is 0 Å². The number of aromatic hydroxyl groups is 1. The van der Waals surface area contributed by atoms with Crippen LogP contribution < -0.4 is 5.32 Å². The summed E-state index contributed by atoms with van der Waals surface area (Å²) in [7, 11) is 0. The summed E-state index contributed by atoms with van der Waals surface area (Å²) in [4.78, 5) is 0. The first-order chi connectivity index (χ1) is 8.72. The van der Waals surface area contributed by atoms with Gasteiger partial charge < -0.3 is 15.5 Å². The summed E-state index contributed by atoms with van der Waals surface area (Å²) in [5.74, 6) is 0.325. The van der Waals surface area contributed by atoms with Gasteiger partial charge in [-0.05, 0) is 18.6 Å². The lowest BCUT2D eigenvalue weighted by Crippen LogP contribution is -2.03. The van der Waals surface area contributed by atoms with Gasteiger partial charge in [0.1, 0.15) is 5.75 Å². The Hall–Kier alpha value is -2.00. The molecule has 0 aromatic heterocycles. The molecule has 2 aromatic carbocycles. The maximum atomic E-state index is 9.91. The number of hydrogen-bond donors (Lipinski definition) is 3. The number of phenols is 1. The lowest BCUT2D eigenvalue weighted by molar-refractivity contribution is 0.282. The summed E-state index contributed by atoms with van der Waals surface area (Å²) in [5, 5.41) is 22.4. The van der Waals surface area contributed by atoms with Crippen LogP contribution in [0.15, 0.2) is 42.5 Å². The molecule has 2 aromatic rings. The van der Waals surface area contributed by atoms with Crippen molar-refractivity contribution >= 4 is 5.69 Å². The minimum Gasteiger partial charge on any atom is -0.507 e. The average Bonchev–Trinajstić information content (AvgIpc) is 2.41. The molecule has 2 rings (SSSR count). The van der Waals surface area contributed by atoms with E-state index in [0.29, 0.717) is 12.3 Å². The third kappa shape index (κ3) is 2.63. The van der Waals surface area contributed by atoms with Gasteiger partial charge in [0, 0.05) is 23.4 Å². The van der Waals surface area contributed by atoms with Crippen molar-refractivity contribution in [2.24, 2.45) is 0 Å². The Bertz CT molecular complexity index is 538. The number of aryl methyl sites for hydroxylation is 1. The molecule has 3 heteroatoms. The summed E-state index contributed by atoms with van der Waals surface area (Å²) in [5.41, 5.74) is 3.46. The van der Waals surface area contributed by atoms with Gasteiger partial charge >= 0.3 is 0 Å². The van der Waals surface area contributed by atoms with E-state index in [0.717, 1.165) is 22.4 Å². The summed E-state index contributed by atoms with van der Waals surface area (Å²) >= 11 is 0. The Balaban J connectivity index is 2.14. The molecule has 0 aliphatic heterocycles. The van der Waals surface area contributed by atoms with E-state index in [9.17, 15) is 10.2 Å². The predicted molar refractivity (Wildman–Crippen MR) is 72.5 cm³/mol. The van der Waals surface area contributed by atoms with E-state index in [1.54, 1.807) is 0 Å². The van der Waals surface area contributed by atoms with Crippen LogP contribution in [0.2, 0.25) is 0 Å². The molecule has 0 fully saturated rings. The second kappa shape index (κ2) is 5.56. The molecule has 0 atom stereocenters. The normalized spacial score (nSPS) is 10.3. The van der Waals surface area contributed by atoms with Crippen LogP contribution in [-0.4, -0.2) is 10.2 Å². The fraction of sp³-hybridized carbons (Fsp3) is 0.200. The van der Waals surface area contributed by atoms with Gasteiger partial charge in [0.15, 0.2) is 0 Å². The molecule has 0 unspecified atom stereocenters. The molecular formula is C15H17NO2. The van der Waals surface area contributed by atoms with E-state index in [-0.39, 0.29) is 6.61 Å². The minimum absolute atomic E-state index is 0.00295. The van der Waals surface area contributed by atoms with Gasteiger partial charge in [-0.1, -0.05) is 36.4 Å². The highest BCUT2D eigenvalue weighted by Crippen LogP contribution is 2.23. The molecule has 0 saturated heterocycles. The molecule has 0 heterocycles. The number of aliphatic hydroxyl groups is 1. The van der Waals surface area contributed by atoms with Crippen LogP contribution in [0.5, 0.6) is 5.75 Å². The van der Waals surface area contributed by atoms with Crippen LogP contribution in [0.3, 0.4) is 0 Å². The summed E-state index contributed by atoms with van der Waals surface area (Å²) in [6.45, 7) is 2.41. The molecule has 3 N–H and O–H groups in total. The van der Waals surface area contributed by atoms with Crippen molar-refractivity contribution in [1.29, 1.82) is 0 Å². The molecule has 0 saturated carbocycles. The summed E-state index contributed by atoms with van der Waals surface area (Å²) in [6.07, 6.45) is 0. The molecule has 0 amide bonds. The Morgan fingerprint density at radius 3 is 2.50 bits per heavy atom. The molecule has 0 bridgehead atoms. The van der Waals surface area contributed by atoms with E-state index < -0.39 is 0 Å². The second-order valence-corrected chi connectivity index (χ2v) is 4.25. The topological polar surface area (TPSA) is 52.5 Å². The largest absolute Gasteiger partial charge is 0.507 e. The van der Waals surface area contributed by atoms with Crippen LogP contribution in [0.1, 0.15) is 16.7 Å². The fourth-order valence-corrected chi connectivity index (χ4v) is 1.88. The number of aliphatic hydroxyl groups excluding tert-OH is 1. The van der Waals surface area contributed by atoms with Gasteiger partial charge in [0.2, 0.25) is 0 Å². The van der Waals surface area contributed by atoms with Crippen molar-refractivity contribution in [3.05, 3.63) is 59.2 Å². The number of benzene rings is 2. The molecular weight excluding hydrogens is 226 g/mol. The zero-order valence-electron chi connectivity index (χ0n) is 10.4. The van der Waals surface area contributed by atoms with Gasteiger partial charge in [0.05, 0.1) is 6.61 Å². The molecule has 0 aliphatic carbocycles. The molecule has 0 spiro atoms. The summed E-state index contributed by atoms with van der Waals surface area (Å²) in [6, 6.07) is 13.3. The van der Waals surface area contributed by atoms with Crippen molar-refractivity contribution < 1.29 is 10.2 Å². The maximum Gasteiger partial charge on any atom is 0.123 e. The zero-order valence-corrected chi connectivity index (χ0v) is 10.4. The first kappa shape index (κ1) is 12.5. The lowest BCUT2D eigenvalue weighted by Gasteiger charge is -2.12. The quantitative estimate of drug-likeness (QED) is 0.774. The van der Waals surface area contributed by atoms with Crippen LogP contribution in [-0.2, 0) is 13.2 Å². The van der Waals surface area contributed by atoms with Crippen molar-refractivity contribution in [3.63, 3.8) is 0 Å². The van der Waals surface area contributed by atoms with E-state index in [2.05, 4.69) is 5.32 Å². The molecule has 0 radical (unpaired) electrons. The Morgan fingerprint density at radius 1 is 1.00 bits per heavy atom. The van der Waals surface area contributed by atoms with Gasteiger partial charge in [-0.25, -0.2) is 0 Å². The Morgan fingerprint density at radius 2 is 1.72 bits per heavy atom. The van der Waals surface area contributed by atoms with E-state index in [1.807, 2.05) is 49.4 Å². The fourth-order valence-electron chi connectivity index (χ4n) is 1.88. The smallest absolute Gasteiger partial charge is 0.123 e. The monoisotopic (exact) mass is 243 g/mol. The average molecular weight is 243 g/mol. The van der Waals surface area contributed by atoms with Crippen molar-refractivity contribution in [3.8, 4) is 5.75 Å². The first-order valence-electron chi connectivity index (χ1n) is 5.92. The van der Waals surface area contributed by atoms with Gasteiger partial charge in [0.25, 0.3) is 0 Å². The number of phenolic OH excluding ortho intramolecular Hbond substituents is 1. The number of hydrogen-bond acceptors (Lipinski definition) is 3. The van der Waals surface area contributed by atoms with Gasteiger partial charge in [-0.15, -0.1) is 0 Å². The molecule has 18 heavy (non-hydrogen) atoms. The van der Waals surface area contributed by atoms with Crippen molar-refractivity contribution in [2.75, 3.05) is 5.32 Å². The highest BCUT2D eigenvalue weighted by atomic mass is 16.3. The second-order valence-electron chi connectivity index (χ2n) is 4.25. The first-order valence-corrected chi connectivity index (χ1v) is 5.92. The van der Waals surface area contributed by atoms with Crippen LogP contribution >= 0.6 is 0 Å². The Kier molecular flexibility index (Phi) is 3.85. The SMILES string of the molecule is Cc1cccc(CNc2ccccc2CO)c1O. The van der Waals surface area contributed by atoms with Crippen LogP contribution in [0.4, 0.5) is 5.69 Å². The third-order valence-electron chi connectivity index (χ3n) is 2.98.